The standard InChI is InChI=1S/C15H33O3PS2/c1-12(2)10-14(5)18-19(20,17-9-7-8-16)21-15(6)11-13(3)4/h12-16H,7-11H2,1-6H3. The molecule has 1 N–H and O–H groups in total. The highest BCUT2D eigenvalue weighted by atomic mass is 32.9. The first-order valence-corrected chi connectivity index (χ1v) is 12.0. The summed E-state index contributed by atoms with van der Waals surface area (Å²) in [5, 5.41) is 9.34. The molecule has 0 radical (unpaired) electrons. The van der Waals surface area contributed by atoms with Crippen LogP contribution >= 0.6 is 17.1 Å². The first kappa shape index (κ1) is 21.9. The lowest BCUT2D eigenvalue weighted by Gasteiger charge is -2.28. The Morgan fingerprint density at radius 2 is 1.62 bits per heavy atom. The molecule has 0 amide bonds. The molecule has 3 nitrogen and oxygen atoms in total. The van der Waals surface area contributed by atoms with Gasteiger partial charge in [0.25, 0.3) is 0 Å². The quantitative estimate of drug-likeness (QED) is 0.383. The summed E-state index contributed by atoms with van der Waals surface area (Å²) in [6.07, 6.45) is 2.82. The molecule has 0 heterocycles. The molecule has 0 aromatic rings. The van der Waals surface area contributed by atoms with E-state index in [0.29, 0.717) is 30.1 Å². The predicted molar refractivity (Wildman–Crippen MR) is 98.4 cm³/mol. The molecule has 0 saturated carbocycles. The average Bonchev–Trinajstić information content (AvgIpc) is 2.25. The van der Waals surface area contributed by atoms with Gasteiger partial charge in [0.1, 0.15) is 0 Å². The second-order valence-corrected chi connectivity index (χ2v) is 13.0. The highest BCUT2D eigenvalue weighted by molar-refractivity contribution is 8.68. The third-order valence-corrected chi connectivity index (χ3v) is 8.48. The van der Waals surface area contributed by atoms with E-state index in [-0.39, 0.29) is 12.7 Å². The lowest BCUT2D eigenvalue weighted by Crippen LogP contribution is -2.12. The number of rotatable bonds is 12. The summed E-state index contributed by atoms with van der Waals surface area (Å²) in [7, 11) is 0. The van der Waals surface area contributed by atoms with Crippen LogP contribution in [0.2, 0.25) is 0 Å². The molecule has 3 atom stereocenters. The first-order chi connectivity index (χ1) is 9.68. The van der Waals surface area contributed by atoms with E-state index in [0.717, 1.165) is 12.8 Å². The minimum Gasteiger partial charge on any atom is -0.396 e. The Balaban J connectivity index is 4.63. The molecule has 0 rings (SSSR count). The molecule has 0 saturated heterocycles. The Hall–Kier alpha value is 0.880. The molecule has 0 aliphatic carbocycles. The van der Waals surface area contributed by atoms with Crippen molar-refractivity contribution >= 4 is 28.9 Å². The third-order valence-electron chi connectivity index (χ3n) is 2.78. The van der Waals surface area contributed by atoms with E-state index in [4.69, 9.17) is 26.0 Å². The molecule has 0 aliphatic heterocycles. The van der Waals surface area contributed by atoms with Gasteiger partial charge in [-0.05, 0) is 49.8 Å². The Morgan fingerprint density at radius 1 is 1.05 bits per heavy atom. The molecular weight excluding hydrogens is 323 g/mol. The molecule has 21 heavy (non-hydrogen) atoms. The molecule has 0 spiro atoms. The van der Waals surface area contributed by atoms with Gasteiger partial charge in [-0.1, -0.05) is 46.0 Å². The summed E-state index contributed by atoms with van der Waals surface area (Å²) in [6, 6.07) is 0. The second-order valence-electron chi connectivity index (χ2n) is 6.45. The van der Waals surface area contributed by atoms with Crippen molar-refractivity contribution in [1.29, 1.82) is 0 Å². The number of aliphatic hydroxyl groups excluding tert-OH is 1. The van der Waals surface area contributed by atoms with Gasteiger partial charge in [-0.2, -0.15) is 0 Å². The topological polar surface area (TPSA) is 38.7 Å². The smallest absolute Gasteiger partial charge is 0.247 e. The van der Waals surface area contributed by atoms with Gasteiger partial charge in [0.2, 0.25) is 5.69 Å². The van der Waals surface area contributed by atoms with Crippen molar-refractivity contribution in [3.05, 3.63) is 0 Å². The fourth-order valence-electron chi connectivity index (χ4n) is 2.18. The van der Waals surface area contributed by atoms with Crippen molar-refractivity contribution in [2.75, 3.05) is 13.2 Å². The Bertz CT molecular complexity index is 289. The normalized spacial score (nSPS) is 18.0. The summed E-state index contributed by atoms with van der Waals surface area (Å²) in [5.74, 6) is 1.22. The zero-order valence-corrected chi connectivity index (χ0v) is 16.9. The predicted octanol–water partition coefficient (Wildman–Crippen LogP) is 5.23. The minimum atomic E-state index is -2.33. The monoisotopic (exact) mass is 356 g/mol. The maximum absolute atomic E-state index is 8.92. The van der Waals surface area contributed by atoms with Crippen LogP contribution in [0.25, 0.3) is 0 Å². The van der Waals surface area contributed by atoms with Crippen LogP contribution in [0.1, 0.15) is 60.8 Å². The number of aliphatic hydroxyl groups is 1. The van der Waals surface area contributed by atoms with E-state index in [1.807, 2.05) is 0 Å². The minimum absolute atomic E-state index is 0.115. The molecule has 128 valence electrons. The van der Waals surface area contributed by atoms with E-state index in [9.17, 15) is 0 Å². The van der Waals surface area contributed by atoms with E-state index < -0.39 is 5.69 Å². The summed E-state index contributed by atoms with van der Waals surface area (Å²) in [6.45, 7) is 13.7. The highest BCUT2D eigenvalue weighted by Crippen LogP contribution is 2.64. The Kier molecular flexibility index (Phi) is 11.9. The van der Waals surface area contributed by atoms with Crippen molar-refractivity contribution in [3.8, 4) is 0 Å². The van der Waals surface area contributed by atoms with Gasteiger partial charge in [-0.3, -0.25) is 0 Å². The molecule has 0 aliphatic rings. The molecule has 0 fully saturated rings. The van der Waals surface area contributed by atoms with Gasteiger partial charge in [0.05, 0.1) is 12.7 Å². The summed E-state index contributed by atoms with van der Waals surface area (Å²) in [5.41, 5.74) is -2.33. The van der Waals surface area contributed by atoms with Crippen LogP contribution in [-0.2, 0) is 20.9 Å². The van der Waals surface area contributed by atoms with Crippen LogP contribution in [0.3, 0.4) is 0 Å². The van der Waals surface area contributed by atoms with E-state index >= 15 is 0 Å². The lowest BCUT2D eigenvalue weighted by atomic mass is 10.1. The van der Waals surface area contributed by atoms with Crippen molar-refractivity contribution in [2.45, 2.75) is 72.2 Å². The van der Waals surface area contributed by atoms with Crippen LogP contribution in [0, 0.1) is 11.8 Å². The van der Waals surface area contributed by atoms with Crippen LogP contribution in [0.15, 0.2) is 0 Å². The van der Waals surface area contributed by atoms with Gasteiger partial charge in [0.15, 0.2) is 0 Å². The molecule has 0 bridgehead atoms. The summed E-state index contributed by atoms with van der Waals surface area (Å²) >= 11 is 7.40. The second kappa shape index (κ2) is 11.4. The van der Waals surface area contributed by atoms with Crippen molar-refractivity contribution in [1.82, 2.24) is 0 Å². The van der Waals surface area contributed by atoms with Gasteiger partial charge < -0.3 is 14.2 Å². The Morgan fingerprint density at radius 3 is 2.10 bits per heavy atom. The first-order valence-electron chi connectivity index (χ1n) is 7.90. The zero-order valence-electron chi connectivity index (χ0n) is 14.4. The van der Waals surface area contributed by atoms with Gasteiger partial charge >= 0.3 is 0 Å². The molecule has 0 aromatic heterocycles. The highest BCUT2D eigenvalue weighted by Gasteiger charge is 2.26. The Labute approximate surface area is 140 Å². The SMILES string of the molecule is CC(C)CC(C)OP(=S)(OCCCO)SC(C)CC(C)C. The maximum Gasteiger partial charge on any atom is 0.247 e. The maximum atomic E-state index is 8.92. The van der Waals surface area contributed by atoms with E-state index in [1.54, 1.807) is 11.4 Å². The van der Waals surface area contributed by atoms with Crippen molar-refractivity contribution in [3.63, 3.8) is 0 Å². The van der Waals surface area contributed by atoms with Crippen LogP contribution in [0.4, 0.5) is 0 Å². The van der Waals surface area contributed by atoms with Crippen LogP contribution in [0.5, 0.6) is 0 Å². The van der Waals surface area contributed by atoms with Crippen molar-refractivity contribution in [2.24, 2.45) is 11.8 Å². The van der Waals surface area contributed by atoms with Crippen LogP contribution in [-0.4, -0.2) is 29.7 Å². The number of hydrogen-bond donors (Lipinski definition) is 1. The van der Waals surface area contributed by atoms with Crippen molar-refractivity contribution < 1.29 is 14.2 Å². The molecular formula is C15H33O3PS2. The largest absolute Gasteiger partial charge is 0.396 e. The van der Waals surface area contributed by atoms with Gasteiger partial charge in [0, 0.05) is 11.9 Å². The summed E-state index contributed by atoms with van der Waals surface area (Å²) in [4.78, 5) is 0. The average molecular weight is 357 g/mol. The molecule has 6 heteroatoms. The van der Waals surface area contributed by atoms with E-state index in [2.05, 4.69) is 41.5 Å². The van der Waals surface area contributed by atoms with E-state index in [1.165, 1.54) is 0 Å². The zero-order chi connectivity index (χ0) is 16.5. The molecule has 3 unspecified atom stereocenters. The third kappa shape index (κ3) is 12.0. The lowest BCUT2D eigenvalue weighted by molar-refractivity contribution is 0.171. The van der Waals surface area contributed by atoms with Gasteiger partial charge in [-0.15, -0.1) is 0 Å². The number of hydrogen-bond acceptors (Lipinski definition) is 5. The van der Waals surface area contributed by atoms with Gasteiger partial charge in [-0.25, -0.2) is 0 Å². The summed E-state index contributed by atoms with van der Waals surface area (Å²) < 4.78 is 12.0. The van der Waals surface area contributed by atoms with Crippen LogP contribution < -0.4 is 0 Å². The molecule has 0 aromatic carbocycles. The fraction of sp³-hybridized carbons (Fsp3) is 1.00. The fourth-order valence-corrected chi connectivity index (χ4v) is 8.71.